The SMILES string of the molecule is Cc1ccccc1/C=C/C(=O)NCCCCCCO. The third kappa shape index (κ3) is 6.77. The molecule has 0 radical (unpaired) electrons. The Labute approximate surface area is 115 Å². The van der Waals surface area contributed by atoms with Gasteiger partial charge in [0.1, 0.15) is 0 Å². The van der Waals surface area contributed by atoms with E-state index in [-0.39, 0.29) is 12.5 Å². The molecule has 0 bridgehead atoms. The molecule has 0 aliphatic carbocycles. The van der Waals surface area contributed by atoms with Crippen molar-refractivity contribution in [3.8, 4) is 0 Å². The van der Waals surface area contributed by atoms with E-state index >= 15 is 0 Å². The molecule has 104 valence electrons. The van der Waals surface area contributed by atoms with E-state index in [0.29, 0.717) is 6.54 Å². The molecule has 2 N–H and O–H groups in total. The zero-order valence-electron chi connectivity index (χ0n) is 11.6. The lowest BCUT2D eigenvalue weighted by molar-refractivity contribution is -0.116. The van der Waals surface area contributed by atoms with Gasteiger partial charge in [0.15, 0.2) is 0 Å². The molecule has 3 heteroatoms. The number of amides is 1. The van der Waals surface area contributed by atoms with Gasteiger partial charge >= 0.3 is 0 Å². The van der Waals surface area contributed by atoms with Crippen LogP contribution in [0.2, 0.25) is 0 Å². The lowest BCUT2D eigenvalue weighted by atomic mass is 10.1. The number of carbonyl (C=O) groups excluding carboxylic acids is 1. The minimum absolute atomic E-state index is 0.0505. The summed E-state index contributed by atoms with van der Waals surface area (Å²) < 4.78 is 0. The van der Waals surface area contributed by atoms with Crippen LogP contribution in [0.3, 0.4) is 0 Å². The molecular formula is C16H23NO2. The quantitative estimate of drug-likeness (QED) is 0.558. The van der Waals surface area contributed by atoms with Gasteiger partial charge in [-0.25, -0.2) is 0 Å². The van der Waals surface area contributed by atoms with E-state index in [1.165, 1.54) is 0 Å². The van der Waals surface area contributed by atoms with Crippen molar-refractivity contribution in [3.63, 3.8) is 0 Å². The Balaban J connectivity index is 2.22. The Morgan fingerprint density at radius 1 is 1.21 bits per heavy atom. The van der Waals surface area contributed by atoms with Gasteiger partial charge in [0.2, 0.25) is 5.91 Å². The van der Waals surface area contributed by atoms with E-state index in [0.717, 1.165) is 36.8 Å². The largest absolute Gasteiger partial charge is 0.396 e. The summed E-state index contributed by atoms with van der Waals surface area (Å²) in [7, 11) is 0. The summed E-state index contributed by atoms with van der Waals surface area (Å²) in [4.78, 5) is 11.6. The second-order valence-electron chi connectivity index (χ2n) is 4.62. The smallest absolute Gasteiger partial charge is 0.243 e. The minimum atomic E-state index is -0.0505. The first-order chi connectivity index (χ1) is 9.24. The number of hydrogen-bond donors (Lipinski definition) is 2. The van der Waals surface area contributed by atoms with Crippen molar-refractivity contribution in [3.05, 3.63) is 41.5 Å². The zero-order valence-corrected chi connectivity index (χ0v) is 11.6. The maximum absolute atomic E-state index is 11.6. The van der Waals surface area contributed by atoms with Crippen LogP contribution in [0.5, 0.6) is 0 Å². The van der Waals surface area contributed by atoms with Gasteiger partial charge < -0.3 is 10.4 Å². The number of aliphatic hydroxyl groups is 1. The lowest BCUT2D eigenvalue weighted by Gasteiger charge is -2.02. The molecule has 3 nitrogen and oxygen atoms in total. The maximum Gasteiger partial charge on any atom is 0.243 e. The Bertz CT molecular complexity index is 413. The topological polar surface area (TPSA) is 49.3 Å². The number of unbranched alkanes of at least 4 members (excludes halogenated alkanes) is 3. The lowest BCUT2D eigenvalue weighted by Crippen LogP contribution is -2.21. The van der Waals surface area contributed by atoms with E-state index in [1.807, 2.05) is 37.3 Å². The van der Waals surface area contributed by atoms with Gasteiger partial charge in [-0.1, -0.05) is 37.1 Å². The van der Waals surface area contributed by atoms with Gasteiger partial charge in [-0.15, -0.1) is 0 Å². The third-order valence-corrected chi connectivity index (χ3v) is 2.99. The van der Waals surface area contributed by atoms with Crippen LogP contribution in [-0.4, -0.2) is 24.2 Å². The fraction of sp³-hybridized carbons (Fsp3) is 0.438. The molecule has 0 aliphatic rings. The molecule has 1 rings (SSSR count). The highest BCUT2D eigenvalue weighted by molar-refractivity contribution is 5.91. The van der Waals surface area contributed by atoms with Crippen molar-refractivity contribution >= 4 is 12.0 Å². The average Bonchev–Trinajstić information content (AvgIpc) is 2.42. The Morgan fingerprint density at radius 2 is 1.95 bits per heavy atom. The first-order valence-corrected chi connectivity index (χ1v) is 6.86. The fourth-order valence-corrected chi connectivity index (χ4v) is 1.80. The van der Waals surface area contributed by atoms with E-state index in [1.54, 1.807) is 6.08 Å². The number of aryl methyl sites for hydroxylation is 1. The van der Waals surface area contributed by atoms with Gasteiger partial charge in [-0.3, -0.25) is 4.79 Å². The van der Waals surface area contributed by atoms with Crippen LogP contribution in [0.15, 0.2) is 30.3 Å². The number of rotatable bonds is 8. The van der Waals surface area contributed by atoms with Crippen LogP contribution >= 0.6 is 0 Å². The summed E-state index contributed by atoms with van der Waals surface area (Å²) in [6, 6.07) is 7.97. The van der Waals surface area contributed by atoms with Crippen LogP contribution in [0.1, 0.15) is 36.8 Å². The molecule has 19 heavy (non-hydrogen) atoms. The van der Waals surface area contributed by atoms with E-state index in [2.05, 4.69) is 5.32 Å². The molecule has 1 amide bonds. The molecule has 0 saturated heterocycles. The average molecular weight is 261 g/mol. The Morgan fingerprint density at radius 3 is 2.68 bits per heavy atom. The summed E-state index contributed by atoms with van der Waals surface area (Å²) >= 11 is 0. The molecule has 0 atom stereocenters. The highest BCUT2D eigenvalue weighted by Gasteiger charge is 1.96. The predicted octanol–water partition coefficient (Wildman–Crippen LogP) is 2.68. The summed E-state index contributed by atoms with van der Waals surface area (Å²) in [6.45, 7) is 2.98. The van der Waals surface area contributed by atoms with Crippen molar-refractivity contribution in [2.24, 2.45) is 0 Å². The molecule has 0 spiro atoms. The first kappa shape index (κ1) is 15.4. The monoisotopic (exact) mass is 261 g/mol. The van der Waals surface area contributed by atoms with Gasteiger partial charge in [-0.2, -0.15) is 0 Å². The van der Waals surface area contributed by atoms with Crippen molar-refractivity contribution < 1.29 is 9.90 Å². The predicted molar refractivity (Wildman–Crippen MR) is 78.8 cm³/mol. The number of aliphatic hydroxyl groups excluding tert-OH is 1. The summed E-state index contributed by atoms with van der Waals surface area (Å²) in [5.41, 5.74) is 2.23. The number of hydrogen-bond acceptors (Lipinski definition) is 2. The maximum atomic E-state index is 11.6. The Kier molecular flexibility index (Phi) is 7.59. The standard InChI is InChI=1S/C16H23NO2/c1-14-8-4-5-9-15(14)10-11-16(19)17-12-6-2-3-7-13-18/h4-5,8-11,18H,2-3,6-7,12-13H2,1H3,(H,17,19)/b11-10+. The second-order valence-corrected chi connectivity index (χ2v) is 4.62. The molecule has 0 saturated carbocycles. The van der Waals surface area contributed by atoms with E-state index in [9.17, 15) is 4.79 Å². The van der Waals surface area contributed by atoms with Crippen LogP contribution in [0.25, 0.3) is 6.08 Å². The Hall–Kier alpha value is -1.61. The van der Waals surface area contributed by atoms with Crippen molar-refractivity contribution in [1.82, 2.24) is 5.32 Å². The van der Waals surface area contributed by atoms with Crippen molar-refractivity contribution in [2.75, 3.05) is 13.2 Å². The van der Waals surface area contributed by atoms with Gasteiger partial charge in [0.05, 0.1) is 0 Å². The van der Waals surface area contributed by atoms with Crippen LogP contribution in [0.4, 0.5) is 0 Å². The van der Waals surface area contributed by atoms with Crippen LogP contribution in [-0.2, 0) is 4.79 Å². The molecule has 0 aliphatic heterocycles. The molecule has 0 unspecified atom stereocenters. The summed E-state index contributed by atoms with van der Waals surface area (Å²) in [5.74, 6) is -0.0505. The van der Waals surface area contributed by atoms with Crippen LogP contribution < -0.4 is 5.32 Å². The second kappa shape index (κ2) is 9.34. The molecule has 1 aromatic carbocycles. The van der Waals surface area contributed by atoms with Crippen LogP contribution in [0, 0.1) is 6.92 Å². The third-order valence-electron chi connectivity index (χ3n) is 2.99. The zero-order chi connectivity index (χ0) is 13.9. The van der Waals surface area contributed by atoms with Gasteiger partial charge in [0, 0.05) is 19.2 Å². The highest BCUT2D eigenvalue weighted by Crippen LogP contribution is 2.08. The molecule has 0 aromatic heterocycles. The summed E-state index contributed by atoms with van der Waals surface area (Å²) in [6.07, 6.45) is 7.30. The number of carbonyl (C=O) groups is 1. The summed E-state index contributed by atoms with van der Waals surface area (Å²) in [5, 5.41) is 11.5. The van der Waals surface area contributed by atoms with E-state index < -0.39 is 0 Å². The van der Waals surface area contributed by atoms with Crippen molar-refractivity contribution in [1.29, 1.82) is 0 Å². The molecule has 1 aromatic rings. The number of nitrogens with one attached hydrogen (secondary N) is 1. The molecule has 0 fully saturated rings. The van der Waals surface area contributed by atoms with E-state index in [4.69, 9.17) is 5.11 Å². The van der Waals surface area contributed by atoms with Gasteiger partial charge in [-0.05, 0) is 37.0 Å². The van der Waals surface area contributed by atoms with Crippen molar-refractivity contribution in [2.45, 2.75) is 32.6 Å². The normalized spacial score (nSPS) is 10.8. The fourth-order valence-electron chi connectivity index (χ4n) is 1.80. The highest BCUT2D eigenvalue weighted by atomic mass is 16.2. The minimum Gasteiger partial charge on any atom is -0.396 e. The first-order valence-electron chi connectivity index (χ1n) is 6.86. The molecule has 0 heterocycles. The van der Waals surface area contributed by atoms with Gasteiger partial charge in [0.25, 0.3) is 0 Å². The number of benzene rings is 1. The molecular weight excluding hydrogens is 238 g/mol.